The molecule has 10 heavy (non-hydrogen) atoms. The Hall–Kier alpha value is -0.0400. The third-order valence-corrected chi connectivity index (χ3v) is 2.02. The summed E-state index contributed by atoms with van der Waals surface area (Å²) in [7, 11) is 0. The Bertz CT molecular complexity index is 101. The van der Waals surface area contributed by atoms with Gasteiger partial charge in [0, 0.05) is 7.47 Å². The fraction of sp³-hybridized carbons (Fsp3) is 1.00. The Kier molecular flexibility index (Phi) is 2.35. The first kappa shape index (κ1) is 8.06. The molecule has 1 heteroatoms. The molecule has 0 amide bonds. The van der Waals surface area contributed by atoms with Crippen molar-refractivity contribution in [2.45, 2.75) is 46.1 Å². The van der Waals surface area contributed by atoms with Gasteiger partial charge < -0.3 is 5.32 Å². The van der Waals surface area contributed by atoms with Crippen LogP contribution in [0.3, 0.4) is 0 Å². The first-order valence-corrected chi connectivity index (χ1v) is 4.31. The van der Waals surface area contributed by atoms with Gasteiger partial charge in [-0.1, -0.05) is 20.8 Å². The van der Waals surface area contributed by atoms with Crippen molar-refractivity contribution in [3.8, 4) is 0 Å². The molecular weight excluding hydrogens is 122 g/mol. The lowest BCUT2D eigenvalue weighted by Gasteiger charge is -2.22. The van der Waals surface area contributed by atoms with Crippen molar-refractivity contribution in [3.63, 3.8) is 0 Å². The molecule has 1 fully saturated rings. The summed E-state index contributed by atoms with van der Waals surface area (Å²) in [5, 5.41) is 3.51. The van der Waals surface area contributed by atoms with Crippen LogP contribution in [0.4, 0.5) is 0 Å². The summed E-state index contributed by atoms with van der Waals surface area (Å²) in [6, 6.07) is 0.806. The van der Waals surface area contributed by atoms with E-state index in [2.05, 4.69) is 26.1 Å². The molecule has 0 spiro atoms. The molecule has 0 aromatic heterocycles. The highest BCUT2D eigenvalue weighted by molar-refractivity contribution is 4.78. The highest BCUT2D eigenvalue weighted by atomic mass is 14.9. The molecule has 1 aliphatic rings. The topological polar surface area (TPSA) is 12.0 Å². The van der Waals surface area contributed by atoms with E-state index in [0.29, 0.717) is 5.41 Å². The first-order chi connectivity index (χ1) is 4.58. The van der Waals surface area contributed by atoms with E-state index in [-0.39, 0.29) is 1.43 Å². The van der Waals surface area contributed by atoms with E-state index >= 15 is 0 Å². The molecule has 1 rings (SSSR count). The maximum absolute atomic E-state index is 3.51. The predicted molar refractivity (Wildman–Crippen MR) is 47.2 cm³/mol. The van der Waals surface area contributed by atoms with Crippen LogP contribution in [0.15, 0.2) is 0 Å². The molecule has 1 atom stereocenters. The summed E-state index contributed by atoms with van der Waals surface area (Å²) in [6.45, 7) is 8.17. The van der Waals surface area contributed by atoms with Crippen molar-refractivity contribution in [2.24, 2.45) is 5.41 Å². The summed E-state index contributed by atoms with van der Waals surface area (Å²) in [4.78, 5) is 0. The van der Waals surface area contributed by atoms with Gasteiger partial charge in [0.15, 0.2) is 0 Å². The number of hydrogen-bond donors (Lipinski definition) is 1. The van der Waals surface area contributed by atoms with Crippen molar-refractivity contribution >= 4 is 0 Å². The zero-order valence-electron chi connectivity index (χ0n) is 7.41. The quantitative estimate of drug-likeness (QED) is 0.594. The lowest BCUT2D eigenvalue weighted by atomic mass is 9.88. The van der Waals surface area contributed by atoms with Gasteiger partial charge in [0.25, 0.3) is 0 Å². The fourth-order valence-electron chi connectivity index (χ4n) is 1.67. The van der Waals surface area contributed by atoms with Crippen molar-refractivity contribution in [2.75, 3.05) is 6.54 Å². The molecule has 62 valence electrons. The fourth-order valence-corrected chi connectivity index (χ4v) is 1.67. The maximum atomic E-state index is 3.51. The molecule has 0 radical (unpaired) electrons. The number of nitrogens with one attached hydrogen (secondary N) is 1. The second-order valence-electron chi connectivity index (χ2n) is 4.56. The summed E-state index contributed by atoms with van der Waals surface area (Å²) in [5.41, 5.74) is 0.502. The molecule has 1 N–H and O–H groups in total. The van der Waals surface area contributed by atoms with Gasteiger partial charge in [-0.3, -0.25) is 0 Å². The highest BCUT2D eigenvalue weighted by Crippen LogP contribution is 2.24. The van der Waals surface area contributed by atoms with Crippen LogP contribution in [-0.2, 0) is 0 Å². The van der Waals surface area contributed by atoms with E-state index in [1.165, 1.54) is 25.8 Å². The normalized spacial score (nSPS) is 27.3. The van der Waals surface area contributed by atoms with Crippen LogP contribution in [-0.4, -0.2) is 12.6 Å². The van der Waals surface area contributed by atoms with Crippen LogP contribution in [0, 0.1) is 5.41 Å². The van der Waals surface area contributed by atoms with Gasteiger partial charge in [0.1, 0.15) is 0 Å². The molecule has 1 saturated heterocycles. The minimum absolute atomic E-state index is 0. The smallest absolute Gasteiger partial charge is 0.00725 e. The lowest BCUT2D eigenvalue weighted by Crippen LogP contribution is -2.26. The summed E-state index contributed by atoms with van der Waals surface area (Å²) in [5.74, 6) is 0. The second kappa shape index (κ2) is 2.91. The van der Waals surface area contributed by atoms with Crippen LogP contribution in [0.25, 0.3) is 0 Å². The van der Waals surface area contributed by atoms with Gasteiger partial charge in [-0.05, 0) is 31.2 Å². The maximum Gasteiger partial charge on any atom is 0.00725 e. The van der Waals surface area contributed by atoms with E-state index in [1.54, 1.807) is 0 Å². The largest absolute Gasteiger partial charge is 0.314 e. The van der Waals surface area contributed by atoms with Crippen molar-refractivity contribution < 1.29 is 1.43 Å². The molecule has 1 aliphatic heterocycles. The van der Waals surface area contributed by atoms with E-state index in [9.17, 15) is 0 Å². The monoisotopic (exact) mass is 143 g/mol. The average Bonchev–Trinajstić information content (AvgIpc) is 2.12. The Balaban J connectivity index is 0.000001000. The zero-order chi connectivity index (χ0) is 7.61. The Morgan fingerprint density at radius 2 is 2.20 bits per heavy atom. The van der Waals surface area contributed by atoms with Crippen LogP contribution < -0.4 is 5.32 Å². The molecule has 0 aromatic rings. The van der Waals surface area contributed by atoms with E-state index in [0.717, 1.165) is 6.04 Å². The van der Waals surface area contributed by atoms with Gasteiger partial charge in [0.05, 0.1) is 0 Å². The zero-order valence-corrected chi connectivity index (χ0v) is 7.41. The van der Waals surface area contributed by atoms with E-state index < -0.39 is 0 Å². The van der Waals surface area contributed by atoms with Crippen molar-refractivity contribution in [1.82, 2.24) is 5.32 Å². The molecule has 0 aliphatic carbocycles. The Morgan fingerprint density at radius 3 is 2.60 bits per heavy atom. The minimum Gasteiger partial charge on any atom is -0.314 e. The molecule has 1 heterocycles. The molecule has 1 nitrogen and oxygen atoms in total. The molecule has 0 aromatic carbocycles. The van der Waals surface area contributed by atoms with Crippen LogP contribution in [0.2, 0.25) is 0 Å². The standard InChI is InChI=1S/C9H19N.H2/c1-9(2,3)7-8-5-4-6-10-8;/h8,10H,4-7H2,1-3H3;1H/t8-;/m0./s1. The lowest BCUT2D eigenvalue weighted by molar-refractivity contribution is 0.325. The van der Waals surface area contributed by atoms with Crippen molar-refractivity contribution in [3.05, 3.63) is 0 Å². The van der Waals surface area contributed by atoms with Crippen LogP contribution in [0.1, 0.15) is 41.5 Å². The van der Waals surface area contributed by atoms with Gasteiger partial charge in [0.2, 0.25) is 0 Å². The molecule has 0 unspecified atom stereocenters. The number of rotatable bonds is 1. The first-order valence-electron chi connectivity index (χ1n) is 4.31. The van der Waals surface area contributed by atoms with Gasteiger partial charge >= 0.3 is 0 Å². The summed E-state index contributed by atoms with van der Waals surface area (Å²) < 4.78 is 0. The average molecular weight is 143 g/mol. The van der Waals surface area contributed by atoms with E-state index in [4.69, 9.17) is 0 Å². The van der Waals surface area contributed by atoms with Gasteiger partial charge in [-0.2, -0.15) is 0 Å². The molecule has 0 bridgehead atoms. The summed E-state index contributed by atoms with van der Waals surface area (Å²) in [6.07, 6.45) is 4.09. The van der Waals surface area contributed by atoms with Crippen molar-refractivity contribution in [1.29, 1.82) is 0 Å². The third-order valence-electron chi connectivity index (χ3n) is 2.02. The highest BCUT2D eigenvalue weighted by Gasteiger charge is 2.20. The van der Waals surface area contributed by atoms with Crippen LogP contribution in [0.5, 0.6) is 0 Å². The number of hydrogen-bond acceptors (Lipinski definition) is 1. The molecular formula is C9H21N. The third kappa shape index (κ3) is 2.70. The SMILES string of the molecule is CC(C)(C)C[C@@H]1CCCN1.[HH]. The minimum atomic E-state index is 0. The van der Waals surface area contributed by atoms with Gasteiger partial charge in [-0.25, -0.2) is 0 Å². The summed E-state index contributed by atoms with van der Waals surface area (Å²) >= 11 is 0. The van der Waals surface area contributed by atoms with Gasteiger partial charge in [-0.15, -0.1) is 0 Å². The van der Waals surface area contributed by atoms with E-state index in [1.807, 2.05) is 0 Å². The Morgan fingerprint density at radius 1 is 1.50 bits per heavy atom. The van der Waals surface area contributed by atoms with Crippen LogP contribution >= 0.6 is 0 Å². The Labute approximate surface area is 65.7 Å². The predicted octanol–water partition coefficient (Wildman–Crippen LogP) is 2.42. The second-order valence-corrected chi connectivity index (χ2v) is 4.56. The molecule has 0 saturated carbocycles.